The van der Waals surface area contributed by atoms with Gasteiger partial charge in [0, 0.05) is 41.4 Å². The maximum absolute atomic E-state index is 13.1. The summed E-state index contributed by atoms with van der Waals surface area (Å²) in [5, 5.41) is 1.16. The predicted molar refractivity (Wildman–Crippen MR) is 136 cm³/mol. The highest BCUT2D eigenvalue weighted by Gasteiger charge is 2.26. The quantitative estimate of drug-likeness (QED) is 0.399. The van der Waals surface area contributed by atoms with Crippen LogP contribution in [-0.2, 0) is 10.0 Å². The number of aromatic amines is 1. The van der Waals surface area contributed by atoms with Crippen LogP contribution in [0, 0.1) is 0 Å². The lowest BCUT2D eigenvalue weighted by Crippen LogP contribution is -2.37. The lowest BCUT2D eigenvalue weighted by Gasteiger charge is -2.32. The first kappa shape index (κ1) is 23.0. The molecule has 1 aromatic heterocycles. The Labute approximate surface area is 204 Å². The number of rotatable bonds is 6. The highest BCUT2D eigenvalue weighted by atomic mass is 32.2. The number of hydrogen-bond acceptors (Lipinski definition) is 4. The third-order valence-corrected chi connectivity index (χ3v) is 7.98. The molecule has 1 aliphatic rings. The molecule has 35 heavy (non-hydrogen) atoms. The number of benzene rings is 3. The van der Waals surface area contributed by atoms with E-state index in [-0.39, 0.29) is 10.8 Å². The van der Waals surface area contributed by atoms with Crippen LogP contribution in [0.4, 0.5) is 5.69 Å². The average Bonchev–Trinajstić information content (AvgIpc) is 3.32. The molecular weight excluding hydrogens is 462 g/mol. The van der Waals surface area contributed by atoms with Crippen molar-refractivity contribution in [2.75, 3.05) is 24.9 Å². The summed E-state index contributed by atoms with van der Waals surface area (Å²) >= 11 is 0. The van der Waals surface area contributed by atoms with E-state index in [1.165, 1.54) is 17.7 Å². The fraction of sp³-hybridized carbons (Fsp3) is 0.222. The number of anilines is 1. The van der Waals surface area contributed by atoms with Gasteiger partial charge in [0.1, 0.15) is 5.75 Å². The van der Waals surface area contributed by atoms with Crippen LogP contribution >= 0.6 is 0 Å². The van der Waals surface area contributed by atoms with Gasteiger partial charge in [0.25, 0.3) is 15.9 Å². The SMILES string of the molecule is COc1ccc2[nH]cc(C3CCN(C(=O)c4ccc(S(=O)(=O)Nc5ccccc5)cc4)CC3)c2c1. The summed E-state index contributed by atoms with van der Waals surface area (Å²) in [6.07, 6.45) is 3.79. The molecular formula is C27H27N3O4S. The summed E-state index contributed by atoms with van der Waals surface area (Å²) in [4.78, 5) is 18.4. The van der Waals surface area contributed by atoms with Gasteiger partial charge in [-0.1, -0.05) is 18.2 Å². The Morgan fingerprint density at radius 1 is 1.00 bits per heavy atom. The molecule has 1 saturated heterocycles. The number of amides is 1. The van der Waals surface area contributed by atoms with E-state index in [9.17, 15) is 13.2 Å². The molecule has 0 aliphatic carbocycles. The Hall–Kier alpha value is -3.78. The third kappa shape index (κ3) is 4.74. The van der Waals surface area contributed by atoms with E-state index >= 15 is 0 Å². The minimum absolute atomic E-state index is 0.0796. The van der Waals surface area contributed by atoms with Crippen LogP contribution in [0.3, 0.4) is 0 Å². The Morgan fingerprint density at radius 2 is 1.71 bits per heavy atom. The van der Waals surface area contributed by atoms with Crippen molar-refractivity contribution in [1.29, 1.82) is 0 Å². The van der Waals surface area contributed by atoms with Crippen molar-refractivity contribution < 1.29 is 17.9 Å². The average molecular weight is 490 g/mol. The molecule has 4 aromatic rings. The second kappa shape index (κ2) is 9.46. The lowest BCUT2D eigenvalue weighted by atomic mass is 9.89. The number of H-pyrrole nitrogens is 1. The number of carbonyl (C=O) groups excluding carboxylic acids is 1. The van der Waals surface area contributed by atoms with Crippen LogP contribution in [0.2, 0.25) is 0 Å². The minimum Gasteiger partial charge on any atom is -0.497 e. The maximum atomic E-state index is 13.1. The standard InChI is InChI=1S/C27H27N3O4S/c1-34-22-9-12-26-24(17-22)25(18-28-26)19-13-15-30(16-14-19)27(31)20-7-10-23(11-8-20)35(32,33)29-21-5-3-2-4-6-21/h2-12,17-19,28-29H,13-16H2,1H3. The molecule has 0 atom stereocenters. The van der Waals surface area contributed by atoms with Crippen molar-refractivity contribution in [1.82, 2.24) is 9.88 Å². The van der Waals surface area contributed by atoms with Gasteiger partial charge in [0.05, 0.1) is 12.0 Å². The number of aromatic nitrogens is 1. The number of para-hydroxylation sites is 1. The first-order valence-corrected chi connectivity index (χ1v) is 13.0. The normalized spacial score (nSPS) is 14.7. The molecule has 2 N–H and O–H groups in total. The minimum atomic E-state index is -3.72. The zero-order valence-electron chi connectivity index (χ0n) is 19.4. The smallest absolute Gasteiger partial charge is 0.261 e. The van der Waals surface area contributed by atoms with E-state index in [4.69, 9.17) is 4.74 Å². The van der Waals surface area contributed by atoms with E-state index < -0.39 is 10.0 Å². The number of ether oxygens (including phenoxy) is 1. The number of piperidine rings is 1. The van der Waals surface area contributed by atoms with Gasteiger partial charge in [-0.2, -0.15) is 0 Å². The number of nitrogens with zero attached hydrogens (tertiary/aromatic N) is 1. The van der Waals surface area contributed by atoms with Crippen LogP contribution in [-0.4, -0.2) is 44.4 Å². The van der Waals surface area contributed by atoms with Crippen LogP contribution in [0.25, 0.3) is 10.9 Å². The van der Waals surface area contributed by atoms with Gasteiger partial charge < -0.3 is 14.6 Å². The van der Waals surface area contributed by atoms with Crippen molar-refractivity contribution in [3.8, 4) is 5.75 Å². The van der Waals surface area contributed by atoms with Gasteiger partial charge >= 0.3 is 0 Å². The third-order valence-electron chi connectivity index (χ3n) is 6.58. The molecule has 0 saturated carbocycles. The van der Waals surface area contributed by atoms with Crippen LogP contribution < -0.4 is 9.46 Å². The Bertz CT molecular complexity index is 1440. The lowest BCUT2D eigenvalue weighted by molar-refractivity contribution is 0.0713. The van der Waals surface area contributed by atoms with Gasteiger partial charge in [0.2, 0.25) is 0 Å². The molecule has 5 rings (SSSR count). The first-order chi connectivity index (χ1) is 16.9. The molecule has 0 bridgehead atoms. The monoisotopic (exact) mass is 489 g/mol. The number of likely N-dealkylation sites (tertiary alicyclic amines) is 1. The number of nitrogens with one attached hydrogen (secondary N) is 2. The molecule has 7 nitrogen and oxygen atoms in total. The van der Waals surface area contributed by atoms with E-state index in [0.717, 1.165) is 29.5 Å². The summed E-state index contributed by atoms with van der Waals surface area (Å²) in [7, 11) is -2.06. The highest BCUT2D eigenvalue weighted by molar-refractivity contribution is 7.92. The van der Waals surface area contributed by atoms with Crippen molar-refractivity contribution >= 4 is 32.5 Å². The molecule has 3 aromatic carbocycles. The molecule has 1 aliphatic heterocycles. The molecule has 1 amide bonds. The highest BCUT2D eigenvalue weighted by Crippen LogP contribution is 2.35. The van der Waals surface area contributed by atoms with Crippen molar-refractivity contribution in [3.63, 3.8) is 0 Å². The summed E-state index contributed by atoms with van der Waals surface area (Å²) in [5.41, 5.74) is 3.31. The van der Waals surface area contributed by atoms with Crippen molar-refractivity contribution in [2.24, 2.45) is 0 Å². The fourth-order valence-electron chi connectivity index (χ4n) is 4.66. The Balaban J connectivity index is 1.24. The predicted octanol–water partition coefficient (Wildman–Crippen LogP) is 5.00. The fourth-order valence-corrected chi connectivity index (χ4v) is 5.72. The molecule has 8 heteroatoms. The van der Waals surface area contributed by atoms with Crippen molar-refractivity contribution in [3.05, 3.63) is 90.1 Å². The summed E-state index contributed by atoms with van der Waals surface area (Å²) in [6.45, 7) is 1.30. The molecule has 0 radical (unpaired) electrons. The first-order valence-electron chi connectivity index (χ1n) is 11.6. The molecule has 0 spiro atoms. The van der Waals surface area contributed by atoms with Gasteiger partial charge in [-0.15, -0.1) is 0 Å². The van der Waals surface area contributed by atoms with Gasteiger partial charge in [0.15, 0.2) is 0 Å². The molecule has 2 heterocycles. The number of methoxy groups -OCH3 is 1. The molecule has 0 unspecified atom stereocenters. The van der Waals surface area contributed by atoms with Crippen LogP contribution in [0.15, 0.2) is 83.9 Å². The number of hydrogen-bond donors (Lipinski definition) is 2. The second-order valence-corrected chi connectivity index (χ2v) is 10.4. The summed E-state index contributed by atoms with van der Waals surface area (Å²) in [6, 6.07) is 20.9. The largest absolute Gasteiger partial charge is 0.497 e. The van der Waals surface area contributed by atoms with E-state index in [1.807, 2.05) is 23.1 Å². The van der Waals surface area contributed by atoms with E-state index in [2.05, 4.69) is 22.0 Å². The summed E-state index contributed by atoms with van der Waals surface area (Å²) < 4.78 is 33.2. The zero-order valence-corrected chi connectivity index (χ0v) is 20.2. The number of carbonyl (C=O) groups is 1. The zero-order chi connectivity index (χ0) is 24.4. The van der Waals surface area contributed by atoms with Gasteiger partial charge in [-0.3, -0.25) is 9.52 Å². The van der Waals surface area contributed by atoms with Gasteiger partial charge in [-0.05, 0) is 78.9 Å². The summed E-state index contributed by atoms with van der Waals surface area (Å²) in [5.74, 6) is 1.11. The van der Waals surface area contributed by atoms with Crippen molar-refractivity contribution in [2.45, 2.75) is 23.7 Å². The van der Waals surface area contributed by atoms with Crippen LogP contribution in [0.5, 0.6) is 5.75 Å². The Morgan fingerprint density at radius 3 is 2.40 bits per heavy atom. The van der Waals surface area contributed by atoms with Gasteiger partial charge in [-0.25, -0.2) is 8.42 Å². The Kier molecular flexibility index (Phi) is 6.21. The van der Waals surface area contributed by atoms with E-state index in [1.54, 1.807) is 43.5 Å². The molecule has 180 valence electrons. The van der Waals surface area contributed by atoms with Crippen LogP contribution in [0.1, 0.15) is 34.7 Å². The topological polar surface area (TPSA) is 91.5 Å². The van der Waals surface area contributed by atoms with E-state index in [0.29, 0.717) is 30.3 Å². The second-order valence-electron chi connectivity index (χ2n) is 8.72. The maximum Gasteiger partial charge on any atom is 0.261 e. The molecule has 1 fully saturated rings. The number of fused-ring (bicyclic) bond motifs is 1. The number of sulfonamides is 1.